The third-order valence-corrected chi connectivity index (χ3v) is 3.60. The molecule has 0 aliphatic heterocycles. The number of rotatable bonds is 2. The van der Waals surface area contributed by atoms with Crippen molar-refractivity contribution in [3.63, 3.8) is 0 Å². The van der Waals surface area contributed by atoms with E-state index in [1.54, 1.807) is 30.3 Å². The molecule has 0 spiro atoms. The van der Waals surface area contributed by atoms with Crippen LogP contribution in [0.5, 0.6) is 0 Å². The Morgan fingerprint density at radius 1 is 1.19 bits per heavy atom. The molecule has 3 aromatic rings. The van der Waals surface area contributed by atoms with Gasteiger partial charge in [0.15, 0.2) is 5.82 Å². The maximum Gasteiger partial charge on any atom is 0.337 e. The van der Waals surface area contributed by atoms with E-state index in [0.717, 1.165) is 16.6 Å². The second-order valence-electron chi connectivity index (χ2n) is 4.58. The van der Waals surface area contributed by atoms with Crippen LogP contribution in [0.4, 0.5) is 4.39 Å². The largest absolute Gasteiger partial charge is 0.465 e. The van der Waals surface area contributed by atoms with Crippen LogP contribution in [0.2, 0.25) is 5.02 Å². The zero-order valence-corrected chi connectivity index (χ0v) is 11.9. The van der Waals surface area contributed by atoms with Crippen molar-refractivity contribution in [3.8, 4) is 11.3 Å². The van der Waals surface area contributed by atoms with E-state index in [1.165, 1.54) is 13.2 Å². The number of halogens is 2. The monoisotopic (exact) mass is 303 g/mol. The molecule has 3 nitrogen and oxygen atoms in total. The van der Waals surface area contributed by atoms with Gasteiger partial charge < -0.3 is 9.72 Å². The van der Waals surface area contributed by atoms with Crippen molar-refractivity contribution in [3.05, 3.63) is 58.9 Å². The van der Waals surface area contributed by atoms with E-state index < -0.39 is 11.8 Å². The number of H-pyrrole nitrogens is 1. The third-order valence-electron chi connectivity index (χ3n) is 3.30. The first kappa shape index (κ1) is 13.6. The average Bonchev–Trinajstić information content (AvgIpc) is 2.95. The van der Waals surface area contributed by atoms with Crippen molar-refractivity contribution in [2.24, 2.45) is 0 Å². The van der Waals surface area contributed by atoms with E-state index in [4.69, 9.17) is 11.6 Å². The summed E-state index contributed by atoms with van der Waals surface area (Å²) in [5.41, 5.74) is 2.43. The summed E-state index contributed by atoms with van der Waals surface area (Å²) in [6.45, 7) is 0. The highest BCUT2D eigenvalue weighted by atomic mass is 35.5. The van der Waals surface area contributed by atoms with Gasteiger partial charge in [0.05, 0.1) is 23.2 Å². The second-order valence-corrected chi connectivity index (χ2v) is 4.98. The molecule has 0 aliphatic rings. The molecule has 0 radical (unpaired) electrons. The van der Waals surface area contributed by atoms with Crippen LogP contribution in [0.25, 0.3) is 22.2 Å². The molecule has 5 heteroatoms. The fourth-order valence-electron chi connectivity index (χ4n) is 2.20. The number of hydrogen-bond acceptors (Lipinski definition) is 2. The smallest absolute Gasteiger partial charge is 0.337 e. The first-order chi connectivity index (χ1) is 10.1. The summed E-state index contributed by atoms with van der Waals surface area (Å²) in [6.07, 6.45) is 0. The number of carbonyl (C=O) groups excluding carboxylic acids is 1. The maximum absolute atomic E-state index is 13.9. The molecule has 0 atom stereocenters. The van der Waals surface area contributed by atoms with Gasteiger partial charge >= 0.3 is 5.97 Å². The van der Waals surface area contributed by atoms with E-state index in [2.05, 4.69) is 9.72 Å². The molecule has 0 unspecified atom stereocenters. The minimum absolute atomic E-state index is 0.0805. The van der Waals surface area contributed by atoms with Gasteiger partial charge in [-0.05, 0) is 29.8 Å². The lowest BCUT2D eigenvalue weighted by Gasteiger charge is -2.01. The number of nitrogens with one attached hydrogen (secondary N) is 1. The molecule has 2 aromatic carbocycles. The van der Waals surface area contributed by atoms with Gasteiger partial charge in [0.1, 0.15) is 0 Å². The number of esters is 1. The van der Waals surface area contributed by atoms with Crippen LogP contribution >= 0.6 is 11.6 Å². The number of aromatic nitrogens is 1. The Labute approximate surface area is 125 Å². The Morgan fingerprint density at radius 3 is 2.57 bits per heavy atom. The minimum Gasteiger partial charge on any atom is -0.465 e. The van der Waals surface area contributed by atoms with Crippen LogP contribution in [0, 0.1) is 5.82 Å². The summed E-state index contributed by atoms with van der Waals surface area (Å²) in [7, 11) is 1.33. The van der Waals surface area contributed by atoms with Gasteiger partial charge in [0, 0.05) is 11.1 Å². The average molecular weight is 304 g/mol. The van der Waals surface area contributed by atoms with E-state index in [-0.39, 0.29) is 5.02 Å². The number of methoxy groups -OCH3 is 1. The normalized spacial score (nSPS) is 10.8. The summed E-state index contributed by atoms with van der Waals surface area (Å²) in [5.74, 6) is -0.859. The van der Waals surface area contributed by atoms with E-state index in [1.807, 2.05) is 6.07 Å². The van der Waals surface area contributed by atoms with Gasteiger partial charge in [0.2, 0.25) is 0 Å². The van der Waals surface area contributed by atoms with Crippen LogP contribution in [-0.2, 0) is 4.74 Å². The van der Waals surface area contributed by atoms with Crippen LogP contribution in [0.1, 0.15) is 10.4 Å². The van der Waals surface area contributed by atoms with E-state index >= 15 is 0 Å². The van der Waals surface area contributed by atoms with Gasteiger partial charge in [-0.15, -0.1) is 0 Å². The topological polar surface area (TPSA) is 42.1 Å². The zero-order chi connectivity index (χ0) is 15.0. The lowest BCUT2D eigenvalue weighted by Crippen LogP contribution is -2.00. The molecule has 21 heavy (non-hydrogen) atoms. The van der Waals surface area contributed by atoms with Crippen molar-refractivity contribution < 1.29 is 13.9 Å². The van der Waals surface area contributed by atoms with Crippen molar-refractivity contribution in [1.29, 1.82) is 0 Å². The number of aromatic amines is 1. The molecule has 1 aromatic heterocycles. The highest BCUT2D eigenvalue weighted by molar-refractivity contribution is 6.31. The number of carbonyl (C=O) groups is 1. The molecule has 0 amide bonds. The van der Waals surface area contributed by atoms with Crippen molar-refractivity contribution in [2.75, 3.05) is 7.11 Å². The summed E-state index contributed by atoms with van der Waals surface area (Å²) in [5, 5.41) is 0.820. The number of fused-ring (bicyclic) bond motifs is 1. The van der Waals surface area contributed by atoms with Crippen LogP contribution < -0.4 is 0 Å². The Morgan fingerprint density at radius 2 is 1.90 bits per heavy atom. The first-order valence-electron chi connectivity index (χ1n) is 6.25. The second kappa shape index (κ2) is 5.22. The highest BCUT2D eigenvalue weighted by Crippen LogP contribution is 2.29. The molecule has 1 heterocycles. The lowest BCUT2D eigenvalue weighted by atomic mass is 10.1. The third kappa shape index (κ3) is 2.38. The summed E-state index contributed by atoms with van der Waals surface area (Å²) >= 11 is 5.77. The van der Waals surface area contributed by atoms with Crippen molar-refractivity contribution in [2.45, 2.75) is 0 Å². The van der Waals surface area contributed by atoms with Crippen LogP contribution in [-0.4, -0.2) is 18.1 Å². The molecule has 1 N–H and O–H groups in total. The maximum atomic E-state index is 13.9. The quantitative estimate of drug-likeness (QED) is 0.712. The van der Waals surface area contributed by atoms with Gasteiger partial charge in [-0.2, -0.15) is 0 Å². The zero-order valence-electron chi connectivity index (χ0n) is 11.1. The standard InChI is InChI=1S/C16H11ClFNO2/c1-21-16(20)10-4-2-9(3-5-10)13-8-11-6-7-12(17)14(18)15(11)19-13/h2-8,19H,1H3. The SMILES string of the molecule is COC(=O)c1ccc(-c2cc3ccc(Cl)c(F)c3[nH]2)cc1. The molecule has 0 fully saturated rings. The van der Waals surface area contributed by atoms with E-state index in [0.29, 0.717) is 11.1 Å². The van der Waals surface area contributed by atoms with Crippen molar-refractivity contribution >= 4 is 28.5 Å². The minimum atomic E-state index is -0.466. The molecule has 0 saturated heterocycles. The molecule has 0 aliphatic carbocycles. The molecular formula is C16H11ClFNO2. The fourth-order valence-corrected chi connectivity index (χ4v) is 2.36. The predicted molar refractivity (Wildman–Crippen MR) is 80.0 cm³/mol. The Kier molecular flexibility index (Phi) is 3.39. The van der Waals surface area contributed by atoms with Gasteiger partial charge in [-0.1, -0.05) is 29.8 Å². The Bertz CT molecular complexity index is 824. The lowest BCUT2D eigenvalue weighted by molar-refractivity contribution is 0.0601. The molecule has 106 valence electrons. The summed E-state index contributed by atoms with van der Waals surface area (Å²) in [6, 6.07) is 12.0. The van der Waals surface area contributed by atoms with Gasteiger partial charge in [-0.25, -0.2) is 9.18 Å². The van der Waals surface area contributed by atoms with Crippen LogP contribution in [0.3, 0.4) is 0 Å². The summed E-state index contributed by atoms with van der Waals surface area (Å²) in [4.78, 5) is 14.4. The molecule has 0 saturated carbocycles. The first-order valence-corrected chi connectivity index (χ1v) is 6.63. The number of ether oxygens (including phenoxy) is 1. The fraction of sp³-hybridized carbons (Fsp3) is 0.0625. The van der Waals surface area contributed by atoms with E-state index in [9.17, 15) is 9.18 Å². The molecular weight excluding hydrogens is 293 g/mol. The van der Waals surface area contributed by atoms with Gasteiger partial charge in [0.25, 0.3) is 0 Å². The van der Waals surface area contributed by atoms with Crippen molar-refractivity contribution in [1.82, 2.24) is 4.98 Å². The molecule has 3 rings (SSSR count). The Hall–Kier alpha value is -2.33. The highest BCUT2D eigenvalue weighted by Gasteiger charge is 2.11. The predicted octanol–water partition coefficient (Wildman–Crippen LogP) is 4.41. The number of hydrogen-bond donors (Lipinski definition) is 1. The number of benzene rings is 2. The molecule has 0 bridgehead atoms. The van der Waals surface area contributed by atoms with Crippen LogP contribution in [0.15, 0.2) is 42.5 Å². The van der Waals surface area contributed by atoms with Gasteiger partial charge in [-0.3, -0.25) is 0 Å². The Balaban J connectivity index is 2.04. The summed E-state index contributed by atoms with van der Waals surface area (Å²) < 4.78 is 18.6.